The molecule has 64 valence electrons. The standard InChI is InChI=1S/C7H7NO2S2/c1-3-5-6(10)8(4(2)9)7(11)12-5/h3H,1-2H3/b5-3+. The summed E-state index contributed by atoms with van der Waals surface area (Å²) in [4.78, 5) is 23.8. The Morgan fingerprint density at radius 3 is 2.50 bits per heavy atom. The number of thiocarbonyl (C=S) groups is 1. The van der Waals surface area contributed by atoms with Crippen molar-refractivity contribution in [3.63, 3.8) is 0 Å². The molecule has 1 fully saturated rings. The van der Waals surface area contributed by atoms with Gasteiger partial charge < -0.3 is 0 Å². The Hall–Kier alpha value is -0.680. The second-order valence-corrected chi connectivity index (χ2v) is 3.86. The number of thioether (sulfide) groups is 1. The summed E-state index contributed by atoms with van der Waals surface area (Å²) in [7, 11) is 0. The van der Waals surface area contributed by atoms with Crippen molar-refractivity contribution in [3.05, 3.63) is 11.0 Å². The van der Waals surface area contributed by atoms with Gasteiger partial charge in [0, 0.05) is 6.92 Å². The van der Waals surface area contributed by atoms with Crippen LogP contribution in [-0.4, -0.2) is 21.0 Å². The second-order valence-electron chi connectivity index (χ2n) is 2.18. The summed E-state index contributed by atoms with van der Waals surface area (Å²) in [6, 6.07) is 0. The number of carbonyl (C=O) groups is 2. The Kier molecular flexibility index (Phi) is 2.64. The van der Waals surface area contributed by atoms with E-state index in [0.717, 1.165) is 16.7 Å². The van der Waals surface area contributed by atoms with Crippen molar-refractivity contribution in [2.45, 2.75) is 13.8 Å². The Morgan fingerprint density at radius 2 is 2.25 bits per heavy atom. The van der Waals surface area contributed by atoms with Crippen LogP contribution in [0.1, 0.15) is 13.8 Å². The van der Waals surface area contributed by atoms with Crippen molar-refractivity contribution in [2.75, 3.05) is 0 Å². The number of imide groups is 1. The minimum atomic E-state index is -0.325. The first kappa shape index (κ1) is 9.41. The van der Waals surface area contributed by atoms with Gasteiger partial charge in [0.2, 0.25) is 5.91 Å². The lowest BCUT2D eigenvalue weighted by molar-refractivity contribution is -0.135. The molecule has 12 heavy (non-hydrogen) atoms. The van der Waals surface area contributed by atoms with Crippen molar-refractivity contribution in [3.8, 4) is 0 Å². The number of amides is 2. The zero-order valence-electron chi connectivity index (χ0n) is 6.66. The Bertz CT molecular complexity index is 296. The van der Waals surface area contributed by atoms with E-state index >= 15 is 0 Å². The summed E-state index contributed by atoms with van der Waals surface area (Å²) < 4.78 is 0.320. The van der Waals surface area contributed by atoms with E-state index in [1.165, 1.54) is 6.92 Å². The highest BCUT2D eigenvalue weighted by Gasteiger charge is 2.34. The van der Waals surface area contributed by atoms with Gasteiger partial charge >= 0.3 is 0 Å². The van der Waals surface area contributed by atoms with Gasteiger partial charge in [-0.15, -0.1) is 0 Å². The van der Waals surface area contributed by atoms with Crippen LogP contribution in [0.4, 0.5) is 0 Å². The fraction of sp³-hybridized carbons (Fsp3) is 0.286. The predicted octanol–water partition coefficient (Wildman–Crippen LogP) is 1.30. The van der Waals surface area contributed by atoms with E-state index in [-0.39, 0.29) is 11.8 Å². The molecule has 0 N–H and O–H groups in total. The molecule has 0 spiro atoms. The Labute approximate surface area is 79.8 Å². The molecule has 1 rings (SSSR count). The predicted molar refractivity (Wildman–Crippen MR) is 51.5 cm³/mol. The topological polar surface area (TPSA) is 37.4 Å². The van der Waals surface area contributed by atoms with Crippen molar-refractivity contribution in [1.82, 2.24) is 4.90 Å². The molecule has 0 atom stereocenters. The van der Waals surface area contributed by atoms with Crippen LogP contribution in [0.25, 0.3) is 0 Å². The van der Waals surface area contributed by atoms with E-state index in [1.807, 2.05) is 0 Å². The number of hydrogen-bond donors (Lipinski definition) is 0. The Balaban J connectivity index is 3.00. The number of hydrogen-bond acceptors (Lipinski definition) is 4. The van der Waals surface area contributed by atoms with Gasteiger partial charge in [0.25, 0.3) is 5.91 Å². The summed E-state index contributed by atoms with van der Waals surface area (Å²) >= 11 is 6.00. The van der Waals surface area contributed by atoms with Gasteiger partial charge in [0.15, 0.2) is 4.32 Å². The van der Waals surface area contributed by atoms with Gasteiger partial charge in [0.05, 0.1) is 4.91 Å². The first-order valence-corrected chi connectivity index (χ1v) is 4.53. The highest BCUT2D eigenvalue weighted by atomic mass is 32.2. The third kappa shape index (κ3) is 1.42. The van der Waals surface area contributed by atoms with Gasteiger partial charge in [-0.2, -0.15) is 0 Å². The largest absolute Gasteiger partial charge is 0.274 e. The number of allylic oxidation sites excluding steroid dienone is 1. The SMILES string of the molecule is C/C=C1/SC(=S)N(C(C)=O)C1=O. The Morgan fingerprint density at radius 1 is 1.67 bits per heavy atom. The minimum absolute atomic E-state index is 0.306. The van der Waals surface area contributed by atoms with Crippen molar-refractivity contribution in [1.29, 1.82) is 0 Å². The van der Waals surface area contributed by atoms with Crippen molar-refractivity contribution < 1.29 is 9.59 Å². The maximum absolute atomic E-state index is 11.3. The molecule has 1 heterocycles. The van der Waals surface area contributed by atoms with Crippen LogP contribution in [0.2, 0.25) is 0 Å². The molecule has 0 aromatic rings. The lowest BCUT2D eigenvalue weighted by Gasteiger charge is -2.07. The zero-order chi connectivity index (χ0) is 9.30. The van der Waals surface area contributed by atoms with Crippen LogP contribution in [0.5, 0.6) is 0 Å². The monoisotopic (exact) mass is 201 g/mol. The molecular formula is C7H7NO2S2. The fourth-order valence-electron chi connectivity index (χ4n) is 0.830. The first-order valence-electron chi connectivity index (χ1n) is 3.31. The maximum atomic E-state index is 11.3. The van der Waals surface area contributed by atoms with E-state index in [0.29, 0.717) is 9.23 Å². The van der Waals surface area contributed by atoms with Gasteiger partial charge in [-0.25, -0.2) is 4.90 Å². The van der Waals surface area contributed by atoms with E-state index in [2.05, 4.69) is 0 Å². The highest BCUT2D eigenvalue weighted by molar-refractivity contribution is 8.26. The third-order valence-corrected chi connectivity index (χ3v) is 2.79. The quantitative estimate of drug-likeness (QED) is 0.437. The molecular weight excluding hydrogens is 194 g/mol. The van der Waals surface area contributed by atoms with Gasteiger partial charge in [-0.3, -0.25) is 9.59 Å². The van der Waals surface area contributed by atoms with E-state index < -0.39 is 0 Å². The lowest BCUT2D eigenvalue weighted by atomic mass is 10.4. The molecule has 2 amide bonds. The summed E-state index contributed by atoms with van der Waals surface area (Å²) in [5.41, 5.74) is 0. The molecule has 5 heteroatoms. The summed E-state index contributed by atoms with van der Waals surface area (Å²) in [5, 5.41) is 0. The molecule has 0 bridgehead atoms. The molecule has 1 saturated heterocycles. The van der Waals surface area contributed by atoms with Crippen LogP contribution in [-0.2, 0) is 9.59 Å². The fourth-order valence-corrected chi connectivity index (χ4v) is 2.10. The maximum Gasteiger partial charge on any atom is 0.272 e. The second kappa shape index (κ2) is 3.37. The van der Waals surface area contributed by atoms with Crippen LogP contribution < -0.4 is 0 Å². The number of rotatable bonds is 0. The number of nitrogens with zero attached hydrogens (tertiary/aromatic N) is 1. The van der Waals surface area contributed by atoms with E-state index in [1.54, 1.807) is 13.0 Å². The molecule has 1 aliphatic rings. The zero-order valence-corrected chi connectivity index (χ0v) is 8.29. The van der Waals surface area contributed by atoms with Crippen molar-refractivity contribution >= 4 is 40.1 Å². The molecule has 0 unspecified atom stereocenters. The van der Waals surface area contributed by atoms with Crippen LogP contribution in [0.15, 0.2) is 11.0 Å². The summed E-state index contributed by atoms with van der Waals surface area (Å²) in [6.07, 6.45) is 1.66. The van der Waals surface area contributed by atoms with Crippen LogP contribution >= 0.6 is 24.0 Å². The van der Waals surface area contributed by atoms with E-state index in [4.69, 9.17) is 12.2 Å². The van der Waals surface area contributed by atoms with Crippen LogP contribution in [0, 0.1) is 0 Å². The third-order valence-electron chi connectivity index (χ3n) is 1.37. The van der Waals surface area contributed by atoms with Crippen molar-refractivity contribution in [2.24, 2.45) is 0 Å². The molecule has 1 aliphatic heterocycles. The number of carbonyl (C=O) groups excluding carboxylic acids is 2. The van der Waals surface area contributed by atoms with E-state index in [9.17, 15) is 9.59 Å². The minimum Gasteiger partial charge on any atom is -0.274 e. The normalized spacial score (nSPS) is 20.8. The molecule has 0 radical (unpaired) electrons. The van der Waals surface area contributed by atoms with Crippen LogP contribution in [0.3, 0.4) is 0 Å². The van der Waals surface area contributed by atoms with Gasteiger partial charge in [-0.05, 0) is 6.92 Å². The molecule has 0 aliphatic carbocycles. The molecule has 3 nitrogen and oxygen atoms in total. The first-order chi connectivity index (χ1) is 5.57. The highest BCUT2D eigenvalue weighted by Crippen LogP contribution is 2.30. The molecule has 0 saturated carbocycles. The van der Waals surface area contributed by atoms with Gasteiger partial charge in [0.1, 0.15) is 0 Å². The average Bonchev–Trinajstić information content (AvgIpc) is 2.25. The summed E-state index contributed by atoms with van der Waals surface area (Å²) in [5.74, 6) is -0.630. The smallest absolute Gasteiger partial charge is 0.272 e. The average molecular weight is 201 g/mol. The lowest BCUT2D eigenvalue weighted by Crippen LogP contribution is -2.32. The molecule has 0 aromatic carbocycles. The van der Waals surface area contributed by atoms with Gasteiger partial charge in [-0.1, -0.05) is 30.1 Å². The summed E-state index contributed by atoms with van der Waals surface area (Å²) in [6.45, 7) is 3.07. The molecule has 0 aromatic heterocycles.